The van der Waals surface area contributed by atoms with E-state index in [1.54, 1.807) is 10.6 Å². The van der Waals surface area contributed by atoms with E-state index in [2.05, 4.69) is 11.1 Å². The van der Waals surface area contributed by atoms with Gasteiger partial charge in [0.25, 0.3) is 5.56 Å². The van der Waals surface area contributed by atoms with E-state index in [-0.39, 0.29) is 12.1 Å². The Morgan fingerprint density at radius 1 is 1.14 bits per heavy atom. The molecule has 0 atom stereocenters. The molecule has 3 aromatic rings. The SMILES string of the molecule is Cc1ccc(-n2c(CN)nc3ccccc3c2=O)c(C)c1. The van der Waals surface area contributed by atoms with Crippen LogP contribution in [0.25, 0.3) is 16.6 Å². The highest BCUT2D eigenvalue weighted by Crippen LogP contribution is 2.17. The van der Waals surface area contributed by atoms with Crippen LogP contribution in [0.4, 0.5) is 0 Å². The molecule has 0 spiro atoms. The van der Waals surface area contributed by atoms with Gasteiger partial charge in [-0.2, -0.15) is 0 Å². The van der Waals surface area contributed by atoms with Gasteiger partial charge in [-0.05, 0) is 37.6 Å². The fourth-order valence-corrected chi connectivity index (χ4v) is 2.62. The van der Waals surface area contributed by atoms with Crippen LogP contribution in [0, 0.1) is 13.8 Å². The molecule has 0 saturated heterocycles. The molecule has 0 aliphatic heterocycles. The second-order valence-corrected chi connectivity index (χ2v) is 5.18. The Balaban J connectivity index is 2.41. The van der Waals surface area contributed by atoms with E-state index in [1.165, 1.54) is 0 Å². The summed E-state index contributed by atoms with van der Waals surface area (Å²) < 4.78 is 1.62. The van der Waals surface area contributed by atoms with Crippen LogP contribution in [-0.4, -0.2) is 9.55 Å². The number of hydrogen-bond acceptors (Lipinski definition) is 3. The molecule has 4 nitrogen and oxygen atoms in total. The highest BCUT2D eigenvalue weighted by molar-refractivity contribution is 5.77. The van der Waals surface area contributed by atoms with Gasteiger partial charge in [-0.3, -0.25) is 9.36 Å². The van der Waals surface area contributed by atoms with Crippen LogP contribution < -0.4 is 11.3 Å². The molecular weight excluding hydrogens is 262 g/mol. The van der Waals surface area contributed by atoms with E-state index < -0.39 is 0 Å². The molecular formula is C17H17N3O. The summed E-state index contributed by atoms with van der Waals surface area (Å²) in [6.45, 7) is 4.24. The summed E-state index contributed by atoms with van der Waals surface area (Å²) in [6.07, 6.45) is 0. The first-order valence-electron chi connectivity index (χ1n) is 6.90. The molecule has 0 bridgehead atoms. The molecule has 0 amide bonds. The number of aryl methyl sites for hydroxylation is 2. The molecule has 3 rings (SSSR count). The lowest BCUT2D eigenvalue weighted by molar-refractivity contribution is 0.812. The predicted octanol–water partition coefficient (Wildman–Crippen LogP) is 2.46. The maximum absolute atomic E-state index is 12.8. The second kappa shape index (κ2) is 5.14. The monoisotopic (exact) mass is 279 g/mol. The van der Waals surface area contributed by atoms with E-state index >= 15 is 0 Å². The van der Waals surface area contributed by atoms with Gasteiger partial charge < -0.3 is 5.73 Å². The van der Waals surface area contributed by atoms with Gasteiger partial charge in [0.2, 0.25) is 0 Å². The zero-order valence-electron chi connectivity index (χ0n) is 12.1. The number of benzene rings is 2. The minimum Gasteiger partial charge on any atom is -0.324 e. The van der Waals surface area contributed by atoms with Gasteiger partial charge in [-0.25, -0.2) is 4.98 Å². The molecule has 0 aliphatic rings. The fraction of sp³-hybridized carbons (Fsp3) is 0.176. The molecule has 2 N–H and O–H groups in total. The van der Waals surface area contributed by atoms with E-state index in [9.17, 15) is 4.79 Å². The molecule has 1 heterocycles. The molecule has 0 fully saturated rings. The van der Waals surface area contributed by atoms with Gasteiger partial charge in [0.1, 0.15) is 5.82 Å². The highest BCUT2D eigenvalue weighted by atomic mass is 16.1. The van der Waals surface area contributed by atoms with E-state index in [1.807, 2.05) is 44.2 Å². The number of para-hydroxylation sites is 1. The van der Waals surface area contributed by atoms with Gasteiger partial charge >= 0.3 is 0 Å². The lowest BCUT2D eigenvalue weighted by Crippen LogP contribution is -2.26. The van der Waals surface area contributed by atoms with E-state index in [0.717, 1.165) is 16.8 Å². The number of fused-ring (bicyclic) bond motifs is 1. The standard InChI is InChI=1S/C17H17N3O/c1-11-7-8-15(12(2)9-11)20-16(10-18)19-14-6-4-3-5-13(14)17(20)21/h3-9H,10,18H2,1-2H3. The van der Waals surface area contributed by atoms with Crippen molar-refractivity contribution in [2.24, 2.45) is 5.73 Å². The molecule has 0 unspecified atom stereocenters. The Kier molecular flexibility index (Phi) is 3.31. The lowest BCUT2D eigenvalue weighted by atomic mass is 10.1. The smallest absolute Gasteiger partial charge is 0.266 e. The summed E-state index contributed by atoms with van der Waals surface area (Å²) in [6, 6.07) is 13.3. The Hall–Kier alpha value is -2.46. The molecule has 0 radical (unpaired) electrons. The summed E-state index contributed by atoms with van der Waals surface area (Å²) >= 11 is 0. The van der Waals surface area contributed by atoms with Crippen molar-refractivity contribution in [3.05, 3.63) is 69.8 Å². The molecule has 1 aromatic heterocycles. The lowest BCUT2D eigenvalue weighted by Gasteiger charge is -2.15. The number of hydrogen-bond donors (Lipinski definition) is 1. The number of aromatic nitrogens is 2. The first-order chi connectivity index (χ1) is 10.1. The van der Waals surface area contributed by atoms with Crippen LogP contribution in [0.1, 0.15) is 17.0 Å². The Morgan fingerprint density at radius 2 is 1.90 bits per heavy atom. The van der Waals surface area contributed by atoms with E-state index in [4.69, 9.17) is 5.73 Å². The molecule has 0 saturated carbocycles. The minimum atomic E-state index is -0.0759. The third-order valence-electron chi connectivity index (χ3n) is 3.62. The average Bonchev–Trinajstić information content (AvgIpc) is 2.48. The topological polar surface area (TPSA) is 60.9 Å². The summed E-state index contributed by atoms with van der Waals surface area (Å²) in [4.78, 5) is 17.3. The van der Waals surface area contributed by atoms with Gasteiger partial charge in [0, 0.05) is 0 Å². The quantitative estimate of drug-likeness (QED) is 0.784. The third-order valence-corrected chi connectivity index (χ3v) is 3.62. The molecule has 106 valence electrons. The number of nitrogens with two attached hydrogens (primary N) is 1. The Morgan fingerprint density at radius 3 is 2.62 bits per heavy atom. The summed E-state index contributed by atoms with van der Waals surface area (Å²) in [5, 5.41) is 0.606. The van der Waals surface area contributed by atoms with Crippen LogP contribution >= 0.6 is 0 Å². The van der Waals surface area contributed by atoms with Crippen molar-refractivity contribution in [2.75, 3.05) is 0 Å². The van der Waals surface area contributed by atoms with Gasteiger partial charge in [0.15, 0.2) is 0 Å². The van der Waals surface area contributed by atoms with Crippen molar-refractivity contribution in [2.45, 2.75) is 20.4 Å². The van der Waals surface area contributed by atoms with Gasteiger partial charge in [0.05, 0.1) is 23.1 Å². The minimum absolute atomic E-state index is 0.0759. The van der Waals surface area contributed by atoms with Crippen molar-refractivity contribution < 1.29 is 0 Å². The van der Waals surface area contributed by atoms with Crippen molar-refractivity contribution in [1.29, 1.82) is 0 Å². The summed E-state index contributed by atoms with van der Waals surface area (Å²) in [5.41, 5.74) is 9.44. The first kappa shape index (κ1) is 13.5. The van der Waals surface area contributed by atoms with Crippen molar-refractivity contribution >= 4 is 10.9 Å². The molecule has 21 heavy (non-hydrogen) atoms. The van der Waals surface area contributed by atoms with Crippen LogP contribution in [0.3, 0.4) is 0 Å². The van der Waals surface area contributed by atoms with Gasteiger partial charge in [-0.15, -0.1) is 0 Å². The fourth-order valence-electron chi connectivity index (χ4n) is 2.62. The average molecular weight is 279 g/mol. The highest BCUT2D eigenvalue weighted by Gasteiger charge is 2.12. The first-order valence-corrected chi connectivity index (χ1v) is 6.90. The number of rotatable bonds is 2. The Labute approximate surface area is 122 Å². The molecule has 0 aliphatic carbocycles. The van der Waals surface area contributed by atoms with Crippen LogP contribution in [0.5, 0.6) is 0 Å². The van der Waals surface area contributed by atoms with Crippen molar-refractivity contribution in [3.8, 4) is 5.69 Å². The zero-order valence-corrected chi connectivity index (χ0v) is 12.1. The van der Waals surface area contributed by atoms with Crippen LogP contribution in [-0.2, 0) is 6.54 Å². The van der Waals surface area contributed by atoms with E-state index in [0.29, 0.717) is 16.7 Å². The number of nitrogens with zero attached hydrogens (tertiary/aromatic N) is 2. The molecule has 4 heteroatoms. The van der Waals surface area contributed by atoms with Crippen LogP contribution in [0.15, 0.2) is 47.3 Å². The molecule has 2 aromatic carbocycles. The maximum atomic E-state index is 12.8. The van der Waals surface area contributed by atoms with Crippen molar-refractivity contribution in [3.63, 3.8) is 0 Å². The normalized spacial score (nSPS) is 11.0. The predicted molar refractivity (Wildman–Crippen MR) is 84.7 cm³/mol. The largest absolute Gasteiger partial charge is 0.324 e. The summed E-state index contributed by atoms with van der Waals surface area (Å²) in [7, 11) is 0. The van der Waals surface area contributed by atoms with Gasteiger partial charge in [-0.1, -0.05) is 29.8 Å². The zero-order chi connectivity index (χ0) is 15.0. The second-order valence-electron chi connectivity index (χ2n) is 5.18. The summed E-state index contributed by atoms with van der Waals surface area (Å²) in [5.74, 6) is 0.575. The third kappa shape index (κ3) is 2.23. The van der Waals surface area contributed by atoms with Crippen LogP contribution in [0.2, 0.25) is 0 Å². The van der Waals surface area contributed by atoms with Crippen molar-refractivity contribution in [1.82, 2.24) is 9.55 Å². The maximum Gasteiger partial charge on any atom is 0.266 e. The Bertz CT molecular complexity index is 881.